The second-order valence-electron chi connectivity index (χ2n) is 3.41. The van der Waals surface area contributed by atoms with E-state index in [1.807, 2.05) is 25.1 Å². The molecule has 0 bridgehead atoms. The SMILES string of the molecule is COc1cc(-c2cc(Cl)ncn2)ccc1C. The molecule has 16 heavy (non-hydrogen) atoms. The van der Waals surface area contributed by atoms with E-state index < -0.39 is 0 Å². The van der Waals surface area contributed by atoms with Crippen LogP contribution in [0, 0.1) is 6.92 Å². The standard InChI is InChI=1S/C12H11ClN2O/c1-8-3-4-9(5-11(8)16-2)10-6-12(13)15-7-14-10/h3-7H,1-2H3. The van der Waals surface area contributed by atoms with Gasteiger partial charge < -0.3 is 4.74 Å². The summed E-state index contributed by atoms with van der Waals surface area (Å²) in [4.78, 5) is 8.01. The maximum Gasteiger partial charge on any atom is 0.133 e. The van der Waals surface area contributed by atoms with Crippen LogP contribution in [-0.2, 0) is 0 Å². The molecule has 0 fully saturated rings. The average Bonchev–Trinajstić information content (AvgIpc) is 2.29. The number of hydrogen-bond acceptors (Lipinski definition) is 3. The summed E-state index contributed by atoms with van der Waals surface area (Å²) >= 11 is 5.82. The zero-order chi connectivity index (χ0) is 11.5. The number of halogens is 1. The fourth-order valence-electron chi connectivity index (χ4n) is 1.47. The fourth-order valence-corrected chi connectivity index (χ4v) is 1.62. The fraction of sp³-hybridized carbons (Fsp3) is 0.167. The van der Waals surface area contributed by atoms with Crippen molar-refractivity contribution in [3.05, 3.63) is 41.3 Å². The van der Waals surface area contributed by atoms with Gasteiger partial charge in [-0.15, -0.1) is 0 Å². The average molecular weight is 235 g/mol. The Balaban J connectivity index is 2.48. The minimum atomic E-state index is 0.435. The van der Waals surface area contributed by atoms with Crippen LogP contribution in [0.25, 0.3) is 11.3 Å². The van der Waals surface area contributed by atoms with E-state index >= 15 is 0 Å². The maximum atomic E-state index is 5.82. The van der Waals surface area contributed by atoms with Crippen LogP contribution >= 0.6 is 11.6 Å². The summed E-state index contributed by atoms with van der Waals surface area (Å²) in [6.07, 6.45) is 1.45. The first-order valence-corrected chi connectivity index (χ1v) is 5.21. The molecule has 0 saturated heterocycles. The van der Waals surface area contributed by atoms with Crippen molar-refractivity contribution in [2.75, 3.05) is 7.11 Å². The number of aromatic nitrogens is 2. The van der Waals surface area contributed by atoms with Crippen LogP contribution in [0.1, 0.15) is 5.56 Å². The number of nitrogens with zero attached hydrogens (tertiary/aromatic N) is 2. The van der Waals surface area contributed by atoms with Crippen molar-refractivity contribution in [3.8, 4) is 17.0 Å². The molecule has 82 valence electrons. The van der Waals surface area contributed by atoms with Crippen LogP contribution in [0.2, 0.25) is 5.15 Å². The molecule has 0 spiro atoms. The quantitative estimate of drug-likeness (QED) is 0.749. The second-order valence-corrected chi connectivity index (χ2v) is 3.80. The molecule has 0 atom stereocenters. The Morgan fingerprint density at radius 2 is 2.00 bits per heavy atom. The Labute approximate surface area is 99.1 Å². The third kappa shape index (κ3) is 2.14. The van der Waals surface area contributed by atoms with Gasteiger partial charge in [0.05, 0.1) is 12.8 Å². The van der Waals surface area contributed by atoms with Crippen molar-refractivity contribution >= 4 is 11.6 Å². The highest BCUT2D eigenvalue weighted by Crippen LogP contribution is 2.26. The Morgan fingerprint density at radius 3 is 2.69 bits per heavy atom. The van der Waals surface area contributed by atoms with E-state index in [4.69, 9.17) is 16.3 Å². The first kappa shape index (κ1) is 10.9. The monoisotopic (exact) mass is 234 g/mol. The number of ether oxygens (including phenoxy) is 1. The zero-order valence-electron chi connectivity index (χ0n) is 9.07. The number of rotatable bonds is 2. The van der Waals surface area contributed by atoms with Gasteiger partial charge in [0, 0.05) is 11.6 Å². The number of benzene rings is 1. The molecule has 0 aliphatic heterocycles. The Hall–Kier alpha value is -1.61. The van der Waals surface area contributed by atoms with E-state index in [0.717, 1.165) is 22.6 Å². The third-order valence-corrected chi connectivity index (χ3v) is 2.54. The number of methoxy groups -OCH3 is 1. The number of hydrogen-bond donors (Lipinski definition) is 0. The molecular weight excluding hydrogens is 224 g/mol. The zero-order valence-corrected chi connectivity index (χ0v) is 9.82. The summed E-state index contributed by atoms with van der Waals surface area (Å²) < 4.78 is 5.26. The minimum Gasteiger partial charge on any atom is -0.496 e. The van der Waals surface area contributed by atoms with Gasteiger partial charge in [-0.2, -0.15) is 0 Å². The highest BCUT2D eigenvalue weighted by molar-refractivity contribution is 6.29. The molecule has 0 radical (unpaired) electrons. The molecule has 1 heterocycles. The Bertz CT molecular complexity index is 514. The van der Waals surface area contributed by atoms with E-state index in [9.17, 15) is 0 Å². The summed E-state index contributed by atoms with van der Waals surface area (Å²) in [5.41, 5.74) is 2.84. The summed E-state index contributed by atoms with van der Waals surface area (Å²) in [6.45, 7) is 2.00. The van der Waals surface area contributed by atoms with Gasteiger partial charge in [0.25, 0.3) is 0 Å². The predicted molar refractivity (Wildman–Crippen MR) is 63.8 cm³/mol. The van der Waals surface area contributed by atoms with Crippen molar-refractivity contribution < 1.29 is 4.74 Å². The van der Waals surface area contributed by atoms with E-state index in [0.29, 0.717) is 5.15 Å². The smallest absolute Gasteiger partial charge is 0.133 e. The van der Waals surface area contributed by atoms with Gasteiger partial charge in [0.1, 0.15) is 17.2 Å². The van der Waals surface area contributed by atoms with Crippen LogP contribution in [0.3, 0.4) is 0 Å². The molecule has 4 heteroatoms. The normalized spacial score (nSPS) is 10.2. The lowest BCUT2D eigenvalue weighted by Gasteiger charge is -2.07. The summed E-state index contributed by atoms with van der Waals surface area (Å²) in [6, 6.07) is 7.64. The first-order chi connectivity index (χ1) is 7.70. The van der Waals surface area contributed by atoms with Crippen molar-refractivity contribution in [3.63, 3.8) is 0 Å². The molecule has 0 unspecified atom stereocenters. The van der Waals surface area contributed by atoms with Crippen molar-refractivity contribution in [2.24, 2.45) is 0 Å². The van der Waals surface area contributed by atoms with Crippen LogP contribution in [0.15, 0.2) is 30.6 Å². The van der Waals surface area contributed by atoms with E-state index in [2.05, 4.69) is 9.97 Å². The molecule has 1 aromatic carbocycles. The maximum absolute atomic E-state index is 5.82. The summed E-state index contributed by atoms with van der Waals surface area (Å²) in [7, 11) is 1.65. The topological polar surface area (TPSA) is 35.0 Å². The molecule has 1 aromatic heterocycles. The Kier molecular flexibility index (Phi) is 3.06. The molecule has 0 aliphatic carbocycles. The highest BCUT2D eigenvalue weighted by Gasteiger charge is 2.04. The van der Waals surface area contributed by atoms with Gasteiger partial charge in [0.2, 0.25) is 0 Å². The number of aryl methyl sites for hydroxylation is 1. The van der Waals surface area contributed by atoms with Gasteiger partial charge in [-0.25, -0.2) is 9.97 Å². The molecule has 0 saturated carbocycles. The van der Waals surface area contributed by atoms with Gasteiger partial charge in [-0.05, 0) is 18.6 Å². The van der Waals surface area contributed by atoms with Crippen LogP contribution < -0.4 is 4.74 Å². The molecule has 3 nitrogen and oxygen atoms in total. The molecule has 0 aliphatic rings. The van der Waals surface area contributed by atoms with Crippen LogP contribution in [0.5, 0.6) is 5.75 Å². The molecule has 0 N–H and O–H groups in total. The van der Waals surface area contributed by atoms with Crippen molar-refractivity contribution in [1.82, 2.24) is 9.97 Å². The lowest BCUT2D eigenvalue weighted by molar-refractivity contribution is 0.412. The molecular formula is C12H11ClN2O. The first-order valence-electron chi connectivity index (χ1n) is 4.83. The van der Waals surface area contributed by atoms with Gasteiger partial charge >= 0.3 is 0 Å². The van der Waals surface area contributed by atoms with Crippen molar-refractivity contribution in [2.45, 2.75) is 6.92 Å². The molecule has 2 aromatic rings. The molecule has 0 amide bonds. The predicted octanol–water partition coefficient (Wildman–Crippen LogP) is 3.11. The van der Waals surface area contributed by atoms with E-state index in [1.165, 1.54) is 6.33 Å². The lowest BCUT2D eigenvalue weighted by Crippen LogP contribution is -1.90. The van der Waals surface area contributed by atoms with Gasteiger partial charge in [-0.3, -0.25) is 0 Å². The van der Waals surface area contributed by atoms with Crippen LogP contribution in [-0.4, -0.2) is 17.1 Å². The van der Waals surface area contributed by atoms with E-state index in [-0.39, 0.29) is 0 Å². The van der Waals surface area contributed by atoms with Gasteiger partial charge in [0.15, 0.2) is 0 Å². The van der Waals surface area contributed by atoms with E-state index in [1.54, 1.807) is 13.2 Å². The summed E-state index contributed by atoms with van der Waals surface area (Å²) in [5.74, 6) is 0.840. The van der Waals surface area contributed by atoms with Gasteiger partial charge in [-0.1, -0.05) is 23.7 Å². The molecule has 2 rings (SSSR count). The largest absolute Gasteiger partial charge is 0.496 e. The highest BCUT2D eigenvalue weighted by atomic mass is 35.5. The second kappa shape index (κ2) is 4.49. The van der Waals surface area contributed by atoms with Crippen molar-refractivity contribution in [1.29, 1.82) is 0 Å². The Morgan fingerprint density at radius 1 is 1.19 bits per heavy atom. The lowest BCUT2D eigenvalue weighted by atomic mass is 10.1. The van der Waals surface area contributed by atoms with Crippen LogP contribution in [0.4, 0.5) is 0 Å². The third-order valence-electron chi connectivity index (χ3n) is 2.34. The summed E-state index contributed by atoms with van der Waals surface area (Å²) in [5, 5.41) is 0.435. The minimum absolute atomic E-state index is 0.435.